The van der Waals surface area contributed by atoms with E-state index in [9.17, 15) is 0 Å². The van der Waals surface area contributed by atoms with Crippen LogP contribution in [0.4, 0.5) is 0 Å². The molecule has 0 rings (SSSR count). The van der Waals surface area contributed by atoms with Crippen molar-refractivity contribution in [3.8, 4) is 0 Å². The summed E-state index contributed by atoms with van der Waals surface area (Å²) in [4.78, 5) is 0. The smallest absolute Gasteiger partial charge is 0.0345 e. The summed E-state index contributed by atoms with van der Waals surface area (Å²) in [5.74, 6) is 0. The van der Waals surface area contributed by atoms with Crippen molar-refractivity contribution in [2.75, 3.05) is 0 Å². The van der Waals surface area contributed by atoms with Gasteiger partial charge in [-0.15, -0.1) is 0 Å². The Kier molecular flexibility index (Phi) is 10.5. The third-order valence-electron chi connectivity index (χ3n) is 1.76. The Balaban J connectivity index is 3.20. The third kappa shape index (κ3) is 11.2. The summed E-state index contributed by atoms with van der Waals surface area (Å²) in [5.41, 5.74) is 0. The lowest BCUT2D eigenvalue weighted by Gasteiger charge is -1.88. The van der Waals surface area contributed by atoms with Crippen LogP contribution in [-0.2, 0) is 0 Å². The van der Waals surface area contributed by atoms with E-state index >= 15 is 0 Å². The van der Waals surface area contributed by atoms with Crippen molar-refractivity contribution < 1.29 is 0 Å². The molecule has 0 heteroatoms. The summed E-state index contributed by atoms with van der Waals surface area (Å²) in [5, 5.41) is 0. The third-order valence-corrected chi connectivity index (χ3v) is 1.76. The summed E-state index contributed by atoms with van der Waals surface area (Å²) < 4.78 is 0. The highest BCUT2D eigenvalue weighted by atomic mass is 13.8. The molecule has 0 atom stereocenters. The lowest BCUT2D eigenvalue weighted by Crippen LogP contribution is -1.68. The maximum absolute atomic E-state index is 2.27. The molecule has 0 aromatic heterocycles. The van der Waals surface area contributed by atoms with Gasteiger partial charge in [0.1, 0.15) is 0 Å². The number of unbranched alkanes of at least 4 members (excludes halogenated alkanes) is 2. The number of hydrogen-bond acceptors (Lipinski definition) is 0. The molecule has 0 aliphatic carbocycles. The second kappa shape index (κ2) is 11.2. The minimum Gasteiger partial charge on any atom is -0.0888 e. The molecular weight excluding hydrogens is 156 g/mol. The van der Waals surface area contributed by atoms with Crippen LogP contribution in [0.1, 0.15) is 46.0 Å². The van der Waals surface area contributed by atoms with Crippen LogP contribution in [-0.4, -0.2) is 0 Å². The monoisotopic (exact) mass is 178 g/mol. The molecule has 0 nitrogen and oxygen atoms in total. The topological polar surface area (TPSA) is 0 Å². The first-order valence-electron chi connectivity index (χ1n) is 5.38. The molecule has 0 unspecified atom stereocenters. The summed E-state index contributed by atoms with van der Waals surface area (Å²) in [6.45, 7) is 4.33. The highest BCUT2D eigenvalue weighted by molar-refractivity contribution is 5.01. The van der Waals surface area contributed by atoms with Crippen molar-refractivity contribution >= 4 is 0 Å². The first-order valence-corrected chi connectivity index (χ1v) is 5.38. The van der Waals surface area contributed by atoms with E-state index in [4.69, 9.17) is 0 Å². The van der Waals surface area contributed by atoms with Gasteiger partial charge in [0.15, 0.2) is 0 Å². The van der Waals surface area contributed by atoms with Gasteiger partial charge in [-0.05, 0) is 32.1 Å². The van der Waals surface area contributed by atoms with E-state index in [1.165, 1.54) is 19.3 Å². The average Bonchev–Trinajstić information content (AvgIpc) is 2.16. The molecule has 0 N–H and O–H groups in total. The van der Waals surface area contributed by atoms with Gasteiger partial charge in [-0.1, -0.05) is 50.3 Å². The molecule has 0 spiro atoms. The highest BCUT2D eigenvalue weighted by Crippen LogP contribution is 1.98. The Hall–Kier alpha value is -0.780. The SMILES string of the molecule is CC/C=C/C=C/CCC/C=C/CC. The van der Waals surface area contributed by atoms with Crippen molar-refractivity contribution in [1.82, 2.24) is 0 Å². The van der Waals surface area contributed by atoms with Crippen molar-refractivity contribution in [3.63, 3.8) is 0 Å². The Morgan fingerprint density at radius 3 is 2.00 bits per heavy atom. The first kappa shape index (κ1) is 12.2. The van der Waals surface area contributed by atoms with Crippen molar-refractivity contribution in [3.05, 3.63) is 36.5 Å². The van der Waals surface area contributed by atoms with Gasteiger partial charge in [0.2, 0.25) is 0 Å². The Morgan fingerprint density at radius 1 is 0.692 bits per heavy atom. The predicted molar refractivity (Wildman–Crippen MR) is 61.9 cm³/mol. The summed E-state index contributed by atoms with van der Waals surface area (Å²) >= 11 is 0. The van der Waals surface area contributed by atoms with Gasteiger partial charge in [0.25, 0.3) is 0 Å². The van der Waals surface area contributed by atoms with Crippen LogP contribution in [0.15, 0.2) is 36.5 Å². The van der Waals surface area contributed by atoms with Crippen LogP contribution < -0.4 is 0 Å². The van der Waals surface area contributed by atoms with Crippen molar-refractivity contribution in [1.29, 1.82) is 0 Å². The number of allylic oxidation sites excluding steroid dienone is 6. The van der Waals surface area contributed by atoms with Crippen molar-refractivity contribution in [2.45, 2.75) is 46.0 Å². The Labute approximate surface area is 83.0 Å². The summed E-state index contributed by atoms with van der Waals surface area (Å²) in [6.07, 6.45) is 19.2. The van der Waals surface area contributed by atoms with Crippen LogP contribution in [0.2, 0.25) is 0 Å². The minimum absolute atomic E-state index is 1.13. The number of hydrogen-bond donors (Lipinski definition) is 0. The molecule has 0 aromatic carbocycles. The van der Waals surface area contributed by atoms with Gasteiger partial charge in [-0.3, -0.25) is 0 Å². The van der Waals surface area contributed by atoms with Crippen LogP contribution in [0.5, 0.6) is 0 Å². The van der Waals surface area contributed by atoms with Gasteiger partial charge >= 0.3 is 0 Å². The molecule has 0 bridgehead atoms. The quantitative estimate of drug-likeness (QED) is 0.302. The van der Waals surface area contributed by atoms with Crippen molar-refractivity contribution in [2.24, 2.45) is 0 Å². The zero-order valence-electron chi connectivity index (χ0n) is 9.00. The van der Waals surface area contributed by atoms with E-state index in [0.717, 1.165) is 12.8 Å². The maximum Gasteiger partial charge on any atom is -0.0345 e. The first-order chi connectivity index (χ1) is 6.41. The average molecular weight is 178 g/mol. The molecule has 0 aromatic rings. The van der Waals surface area contributed by atoms with Gasteiger partial charge in [0, 0.05) is 0 Å². The standard InChI is InChI=1S/C13H22/c1-3-5-7-9-11-13-12-10-8-6-4-2/h5-9,11H,3-4,10,12-13H2,1-2H3/b7-5+,8-6+,11-9+. The van der Waals surface area contributed by atoms with E-state index in [1.54, 1.807) is 0 Å². The van der Waals surface area contributed by atoms with E-state index < -0.39 is 0 Å². The molecule has 0 heterocycles. The van der Waals surface area contributed by atoms with Gasteiger partial charge in [-0.2, -0.15) is 0 Å². The lowest BCUT2D eigenvalue weighted by molar-refractivity contribution is 0.865. The summed E-state index contributed by atoms with van der Waals surface area (Å²) in [6, 6.07) is 0. The number of rotatable bonds is 7. The molecule has 0 aliphatic rings. The second-order valence-electron chi connectivity index (χ2n) is 3.08. The molecule has 0 radical (unpaired) electrons. The zero-order valence-corrected chi connectivity index (χ0v) is 9.00. The van der Waals surface area contributed by atoms with E-state index in [2.05, 4.69) is 50.3 Å². The predicted octanol–water partition coefficient (Wildman–Crippen LogP) is 4.65. The van der Waals surface area contributed by atoms with E-state index in [-0.39, 0.29) is 0 Å². The molecule has 0 saturated carbocycles. The Bertz CT molecular complexity index is 161. The molecule has 0 fully saturated rings. The normalized spacial score (nSPS) is 12.5. The van der Waals surface area contributed by atoms with Crippen LogP contribution in [0.25, 0.3) is 0 Å². The largest absolute Gasteiger partial charge is 0.0888 e. The second-order valence-corrected chi connectivity index (χ2v) is 3.08. The maximum atomic E-state index is 2.27. The van der Waals surface area contributed by atoms with Crippen LogP contribution in [0, 0.1) is 0 Å². The van der Waals surface area contributed by atoms with Crippen LogP contribution >= 0.6 is 0 Å². The highest BCUT2D eigenvalue weighted by Gasteiger charge is 1.78. The fourth-order valence-electron chi connectivity index (χ4n) is 1.03. The fourth-order valence-corrected chi connectivity index (χ4v) is 1.03. The van der Waals surface area contributed by atoms with Gasteiger partial charge in [-0.25, -0.2) is 0 Å². The lowest BCUT2D eigenvalue weighted by atomic mass is 10.2. The van der Waals surface area contributed by atoms with Gasteiger partial charge < -0.3 is 0 Å². The summed E-state index contributed by atoms with van der Waals surface area (Å²) in [7, 11) is 0. The van der Waals surface area contributed by atoms with Gasteiger partial charge in [0.05, 0.1) is 0 Å². The molecule has 0 amide bonds. The molecule has 0 aliphatic heterocycles. The van der Waals surface area contributed by atoms with Crippen LogP contribution in [0.3, 0.4) is 0 Å². The molecular formula is C13H22. The fraction of sp³-hybridized carbons (Fsp3) is 0.538. The van der Waals surface area contributed by atoms with E-state index in [1.807, 2.05) is 0 Å². The minimum atomic E-state index is 1.13. The Morgan fingerprint density at radius 2 is 1.31 bits per heavy atom. The zero-order chi connectivity index (χ0) is 9.78. The molecule has 13 heavy (non-hydrogen) atoms. The van der Waals surface area contributed by atoms with E-state index in [0.29, 0.717) is 0 Å². The molecule has 0 saturated heterocycles. The molecule has 74 valence electrons.